The zero-order chi connectivity index (χ0) is 19.9. The summed E-state index contributed by atoms with van der Waals surface area (Å²) in [5.41, 5.74) is 0.671. The molecule has 0 saturated heterocycles. The van der Waals surface area contributed by atoms with Crippen molar-refractivity contribution in [3.63, 3.8) is 0 Å². The maximum atomic E-state index is 12.1. The molecule has 0 aliphatic heterocycles. The number of esters is 1. The van der Waals surface area contributed by atoms with Crippen molar-refractivity contribution in [2.45, 2.75) is 13.5 Å². The van der Waals surface area contributed by atoms with E-state index in [9.17, 15) is 14.4 Å². The number of amides is 3. The number of hydrogen-bond acceptors (Lipinski definition) is 7. The van der Waals surface area contributed by atoms with Crippen LogP contribution < -0.4 is 10.6 Å². The summed E-state index contributed by atoms with van der Waals surface area (Å²) in [5, 5.41) is 4.48. The predicted octanol–water partition coefficient (Wildman–Crippen LogP) is 2.43. The molecule has 1 aromatic carbocycles. The molecule has 3 rings (SSSR count). The maximum Gasteiger partial charge on any atom is 0.361 e. The Hall–Kier alpha value is -3.88. The highest BCUT2D eigenvalue weighted by Crippen LogP contribution is 2.21. The number of aryl methyl sites for hydroxylation is 1. The molecule has 9 heteroatoms. The number of nitrogens with one attached hydrogen (secondary N) is 2. The summed E-state index contributed by atoms with van der Waals surface area (Å²) < 4.78 is 15.4. The number of rotatable bonds is 6. The van der Waals surface area contributed by atoms with Gasteiger partial charge in [0.1, 0.15) is 11.5 Å². The Labute approximate surface area is 159 Å². The first-order valence-electron chi connectivity index (χ1n) is 8.33. The second-order valence-corrected chi connectivity index (χ2v) is 5.68. The van der Waals surface area contributed by atoms with Crippen molar-refractivity contribution < 1.29 is 28.0 Å². The van der Waals surface area contributed by atoms with Crippen LogP contribution in [0.1, 0.15) is 22.0 Å². The van der Waals surface area contributed by atoms with Crippen LogP contribution in [0.4, 0.5) is 4.79 Å². The van der Waals surface area contributed by atoms with E-state index in [1.54, 1.807) is 31.2 Å². The zero-order valence-corrected chi connectivity index (χ0v) is 14.9. The number of nitrogens with zero attached hydrogens (tertiary/aromatic N) is 1. The second-order valence-electron chi connectivity index (χ2n) is 5.68. The molecule has 0 aliphatic rings. The number of carbonyl (C=O) groups excluding carboxylic acids is 3. The van der Waals surface area contributed by atoms with E-state index in [1.807, 2.05) is 23.5 Å². The molecule has 0 radical (unpaired) electrons. The number of imide groups is 1. The van der Waals surface area contributed by atoms with Crippen molar-refractivity contribution in [2.24, 2.45) is 0 Å². The van der Waals surface area contributed by atoms with E-state index in [0.29, 0.717) is 11.3 Å². The van der Waals surface area contributed by atoms with Crippen LogP contribution in [0, 0.1) is 6.92 Å². The molecular weight excluding hydrogens is 366 g/mol. The van der Waals surface area contributed by atoms with E-state index in [0.717, 1.165) is 0 Å². The third-order valence-corrected chi connectivity index (χ3v) is 3.60. The van der Waals surface area contributed by atoms with Gasteiger partial charge in [0.2, 0.25) is 5.89 Å². The van der Waals surface area contributed by atoms with Gasteiger partial charge in [-0.2, -0.15) is 0 Å². The van der Waals surface area contributed by atoms with Crippen molar-refractivity contribution in [1.82, 2.24) is 15.6 Å². The van der Waals surface area contributed by atoms with Gasteiger partial charge in [-0.25, -0.2) is 14.6 Å². The number of ether oxygens (including phenoxy) is 1. The van der Waals surface area contributed by atoms with E-state index < -0.39 is 24.5 Å². The molecule has 0 saturated carbocycles. The third kappa shape index (κ3) is 4.85. The molecule has 2 N–H and O–H groups in total. The molecule has 2 heterocycles. The van der Waals surface area contributed by atoms with Crippen LogP contribution in [0.2, 0.25) is 0 Å². The molecule has 144 valence electrons. The first-order chi connectivity index (χ1) is 13.5. The molecule has 9 nitrogen and oxygen atoms in total. The molecule has 28 heavy (non-hydrogen) atoms. The Morgan fingerprint density at radius 1 is 1.11 bits per heavy atom. The Morgan fingerprint density at radius 3 is 2.61 bits per heavy atom. The van der Waals surface area contributed by atoms with E-state index in [4.69, 9.17) is 13.6 Å². The average Bonchev–Trinajstić information content (AvgIpc) is 3.35. The van der Waals surface area contributed by atoms with Crippen LogP contribution in [0.15, 0.2) is 57.6 Å². The van der Waals surface area contributed by atoms with Gasteiger partial charge in [-0.3, -0.25) is 10.1 Å². The van der Waals surface area contributed by atoms with Crippen LogP contribution in [0.3, 0.4) is 0 Å². The van der Waals surface area contributed by atoms with Crippen molar-refractivity contribution in [2.75, 3.05) is 6.61 Å². The lowest BCUT2D eigenvalue weighted by molar-refractivity contribution is -0.123. The number of oxazole rings is 1. The molecule has 0 atom stereocenters. The second kappa shape index (κ2) is 8.67. The summed E-state index contributed by atoms with van der Waals surface area (Å²) in [6.45, 7) is 1.05. The van der Waals surface area contributed by atoms with Gasteiger partial charge >= 0.3 is 12.0 Å². The number of hydrogen-bond donors (Lipinski definition) is 2. The summed E-state index contributed by atoms with van der Waals surface area (Å²) in [6.07, 6.45) is 1.47. The fourth-order valence-electron chi connectivity index (χ4n) is 2.28. The Kier molecular flexibility index (Phi) is 5.85. The van der Waals surface area contributed by atoms with Gasteiger partial charge in [-0.1, -0.05) is 18.2 Å². The van der Waals surface area contributed by atoms with Gasteiger partial charge in [-0.15, -0.1) is 0 Å². The Morgan fingerprint density at radius 2 is 1.89 bits per heavy atom. The number of aromatic nitrogens is 1. The quantitative estimate of drug-likeness (QED) is 0.627. The first-order valence-corrected chi connectivity index (χ1v) is 8.33. The number of carbonyl (C=O) groups is 3. The van der Waals surface area contributed by atoms with Gasteiger partial charge in [0.05, 0.1) is 12.8 Å². The largest absolute Gasteiger partial charge is 0.467 e. The van der Waals surface area contributed by atoms with E-state index in [-0.39, 0.29) is 23.9 Å². The van der Waals surface area contributed by atoms with Crippen LogP contribution in [-0.2, 0) is 16.1 Å². The molecule has 2 aromatic heterocycles. The number of benzene rings is 1. The van der Waals surface area contributed by atoms with E-state index in [1.165, 1.54) is 6.26 Å². The fourth-order valence-corrected chi connectivity index (χ4v) is 2.28. The summed E-state index contributed by atoms with van der Waals surface area (Å²) in [6, 6.07) is 11.7. The van der Waals surface area contributed by atoms with Crippen LogP contribution in [-0.4, -0.2) is 29.5 Å². The third-order valence-electron chi connectivity index (χ3n) is 3.60. The predicted molar refractivity (Wildman–Crippen MR) is 96.0 cm³/mol. The van der Waals surface area contributed by atoms with Gasteiger partial charge in [0.25, 0.3) is 5.91 Å². The molecule has 0 fully saturated rings. The van der Waals surface area contributed by atoms with E-state index >= 15 is 0 Å². The molecular formula is C19H17N3O6. The van der Waals surface area contributed by atoms with Crippen molar-refractivity contribution in [3.05, 3.63) is 65.9 Å². The van der Waals surface area contributed by atoms with Crippen molar-refractivity contribution in [3.8, 4) is 11.5 Å². The summed E-state index contributed by atoms with van der Waals surface area (Å²) in [4.78, 5) is 39.6. The minimum atomic E-state index is -0.824. The fraction of sp³-hybridized carbons (Fsp3) is 0.158. The smallest absolute Gasteiger partial charge is 0.361 e. The average molecular weight is 383 g/mol. The van der Waals surface area contributed by atoms with Crippen LogP contribution in [0.25, 0.3) is 11.5 Å². The lowest BCUT2D eigenvalue weighted by Gasteiger charge is -2.06. The highest BCUT2D eigenvalue weighted by atomic mass is 16.5. The maximum absolute atomic E-state index is 12.1. The minimum Gasteiger partial charge on any atom is -0.467 e. The zero-order valence-electron chi connectivity index (χ0n) is 14.9. The molecule has 0 unspecified atom stereocenters. The minimum absolute atomic E-state index is 0.0334. The lowest BCUT2D eigenvalue weighted by Crippen LogP contribution is -2.41. The van der Waals surface area contributed by atoms with Crippen LogP contribution in [0.5, 0.6) is 0 Å². The highest BCUT2D eigenvalue weighted by Gasteiger charge is 2.20. The molecule has 3 amide bonds. The molecule has 0 spiro atoms. The van der Waals surface area contributed by atoms with E-state index in [2.05, 4.69) is 10.3 Å². The molecule has 0 aliphatic carbocycles. The van der Waals surface area contributed by atoms with Gasteiger partial charge in [0.15, 0.2) is 12.3 Å². The number of urea groups is 1. The molecule has 3 aromatic rings. The lowest BCUT2D eigenvalue weighted by atomic mass is 10.2. The number of furan rings is 1. The summed E-state index contributed by atoms with van der Waals surface area (Å²) in [5.74, 6) is -0.540. The SMILES string of the molecule is Cc1oc(-c2ccccc2)nc1C(=O)OCC(=O)NC(=O)NCc1ccco1. The van der Waals surface area contributed by atoms with Gasteiger partial charge in [-0.05, 0) is 31.2 Å². The van der Waals surface area contributed by atoms with Gasteiger partial charge in [0, 0.05) is 5.56 Å². The Bertz CT molecular complexity index is 963. The first kappa shape index (κ1) is 18.9. The summed E-state index contributed by atoms with van der Waals surface area (Å²) >= 11 is 0. The van der Waals surface area contributed by atoms with Crippen molar-refractivity contribution >= 4 is 17.9 Å². The monoisotopic (exact) mass is 383 g/mol. The molecule has 0 bridgehead atoms. The van der Waals surface area contributed by atoms with Crippen molar-refractivity contribution in [1.29, 1.82) is 0 Å². The Balaban J connectivity index is 1.49. The van der Waals surface area contributed by atoms with Gasteiger partial charge < -0.3 is 18.9 Å². The standard InChI is InChI=1S/C19H17N3O6/c1-12-16(22-17(28-12)13-6-3-2-4-7-13)18(24)27-11-15(23)21-19(25)20-10-14-8-5-9-26-14/h2-9H,10-11H2,1H3,(H2,20,21,23,25). The summed E-state index contributed by atoms with van der Waals surface area (Å²) in [7, 11) is 0. The van der Waals surface area contributed by atoms with Crippen LogP contribution >= 0.6 is 0 Å². The highest BCUT2D eigenvalue weighted by molar-refractivity contribution is 5.96. The topological polar surface area (TPSA) is 124 Å². The normalized spacial score (nSPS) is 10.3.